The number of methoxy groups -OCH3 is 2. The molecule has 0 saturated carbocycles. The topological polar surface area (TPSA) is 48.0 Å². The highest BCUT2D eigenvalue weighted by molar-refractivity contribution is 5.59. The zero-order valence-electron chi connectivity index (χ0n) is 16.5. The number of nitrogens with zero attached hydrogens (tertiary/aromatic N) is 1. The Morgan fingerprint density at radius 2 is 1.72 bits per heavy atom. The number of benzene rings is 2. The van der Waals surface area contributed by atoms with Gasteiger partial charge in [0, 0.05) is 12.6 Å². The van der Waals surface area contributed by atoms with Crippen LogP contribution in [0.1, 0.15) is 36.4 Å². The van der Waals surface area contributed by atoms with Crippen molar-refractivity contribution in [2.75, 3.05) is 14.2 Å². The minimum absolute atomic E-state index is 0.0676. The summed E-state index contributed by atoms with van der Waals surface area (Å²) in [4.78, 5) is 13.9. The van der Waals surface area contributed by atoms with E-state index in [1.165, 1.54) is 12.1 Å². The lowest BCUT2D eigenvalue weighted by Crippen LogP contribution is -2.42. The van der Waals surface area contributed by atoms with Gasteiger partial charge in [-0.3, -0.25) is 4.90 Å². The maximum atomic E-state index is 12.4. The maximum absolute atomic E-state index is 12.4. The highest BCUT2D eigenvalue weighted by Crippen LogP contribution is 2.43. The summed E-state index contributed by atoms with van der Waals surface area (Å²) < 4.78 is 40.3. The molecule has 1 fully saturated rings. The Labute approximate surface area is 169 Å². The van der Waals surface area contributed by atoms with Crippen LogP contribution in [0.3, 0.4) is 0 Å². The number of halogens is 2. The van der Waals surface area contributed by atoms with Gasteiger partial charge in [-0.1, -0.05) is 18.2 Å². The van der Waals surface area contributed by atoms with Crippen molar-refractivity contribution in [1.82, 2.24) is 4.90 Å². The first kappa shape index (κ1) is 21.0. The second-order valence-corrected chi connectivity index (χ2v) is 6.92. The summed E-state index contributed by atoms with van der Waals surface area (Å²) in [5.41, 5.74) is 1.82. The molecule has 0 aliphatic carbocycles. The Morgan fingerprint density at radius 1 is 1.07 bits per heavy atom. The molecule has 2 aromatic rings. The Kier molecular flexibility index (Phi) is 7.04. The highest BCUT2D eigenvalue weighted by atomic mass is 19.3. The second-order valence-electron chi connectivity index (χ2n) is 6.92. The van der Waals surface area contributed by atoms with Gasteiger partial charge in [0.1, 0.15) is 23.5 Å². The van der Waals surface area contributed by atoms with Gasteiger partial charge < -0.3 is 19.0 Å². The molecule has 29 heavy (non-hydrogen) atoms. The van der Waals surface area contributed by atoms with Crippen molar-refractivity contribution >= 4 is 6.29 Å². The molecule has 1 aliphatic rings. The van der Waals surface area contributed by atoms with E-state index in [0.29, 0.717) is 18.0 Å². The largest absolute Gasteiger partial charge is 0.496 e. The molecule has 1 heterocycles. The third kappa shape index (κ3) is 4.85. The molecule has 0 N–H and O–H groups in total. The number of hydrogen-bond acceptors (Lipinski definition) is 5. The number of likely N-dealkylation sites (tertiary alicyclic amines) is 1. The summed E-state index contributed by atoms with van der Waals surface area (Å²) >= 11 is 0. The van der Waals surface area contributed by atoms with Crippen molar-refractivity contribution in [1.29, 1.82) is 0 Å². The number of ether oxygens (including phenoxy) is 3. The van der Waals surface area contributed by atoms with Gasteiger partial charge in [0.2, 0.25) is 0 Å². The minimum atomic E-state index is -2.86. The molecule has 0 radical (unpaired) electrons. The van der Waals surface area contributed by atoms with Crippen LogP contribution in [0.25, 0.3) is 0 Å². The van der Waals surface area contributed by atoms with E-state index in [1.54, 1.807) is 26.4 Å². The molecule has 7 heteroatoms. The molecule has 0 amide bonds. The number of carbonyl (C=O) groups is 1. The number of piperidine rings is 1. The maximum Gasteiger partial charge on any atom is 0.387 e. The average Bonchev–Trinajstić information content (AvgIpc) is 2.74. The highest BCUT2D eigenvalue weighted by Gasteiger charge is 2.34. The van der Waals surface area contributed by atoms with Gasteiger partial charge in [0.05, 0.1) is 25.8 Å². The van der Waals surface area contributed by atoms with Gasteiger partial charge in [-0.2, -0.15) is 8.78 Å². The Bertz CT molecular complexity index is 791. The van der Waals surface area contributed by atoms with E-state index in [-0.39, 0.29) is 17.8 Å². The molecule has 0 spiro atoms. The normalized spacial score (nSPS) is 19.8. The van der Waals surface area contributed by atoms with Crippen molar-refractivity contribution in [2.24, 2.45) is 0 Å². The monoisotopic (exact) mass is 405 g/mol. The molecule has 2 unspecified atom stereocenters. The van der Waals surface area contributed by atoms with E-state index in [1.807, 2.05) is 18.2 Å². The van der Waals surface area contributed by atoms with Crippen LogP contribution in [0.4, 0.5) is 8.78 Å². The van der Waals surface area contributed by atoms with E-state index >= 15 is 0 Å². The van der Waals surface area contributed by atoms with Gasteiger partial charge in [-0.05, 0) is 49.1 Å². The molecular weight excluding hydrogens is 380 g/mol. The summed E-state index contributed by atoms with van der Waals surface area (Å²) in [6.07, 6.45) is 3.51. The van der Waals surface area contributed by atoms with E-state index in [4.69, 9.17) is 9.47 Å². The average molecular weight is 405 g/mol. The molecule has 3 rings (SSSR count). The third-order valence-corrected chi connectivity index (χ3v) is 5.27. The SMILES string of the molecule is COc1cccc(OC)c1C1CCCC(C=O)N1Cc1ccc(OC(F)F)cc1. The third-order valence-electron chi connectivity index (χ3n) is 5.27. The first-order chi connectivity index (χ1) is 14.1. The standard InChI is InChI=1S/C22H25F2NO4/c1-27-19-7-4-8-20(28-2)21(19)18-6-3-5-16(14-26)25(18)13-15-9-11-17(12-10-15)29-22(23)24/h4,7-12,14,16,18,22H,3,5-6,13H2,1-2H3. The summed E-state index contributed by atoms with van der Waals surface area (Å²) in [5, 5.41) is 0. The van der Waals surface area contributed by atoms with Crippen molar-refractivity contribution in [2.45, 2.75) is 44.5 Å². The van der Waals surface area contributed by atoms with Crippen LogP contribution in [0.5, 0.6) is 17.2 Å². The Balaban J connectivity index is 1.92. The first-order valence-electron chi connectivity index (χ1n) is 9.53. The van der Waals surface area contributed by atoms with Crippen LogP contribution in [0.2, 0.25) is 0 Å². The molecule has 1 saturated heterocycles. The van der Waals surface area contributed by atoms with Gasteiger partial charge in [-0.25, -0.2) is 0 Å². The van der Waals surface area contributed by atoms with Gasteiger partial charge in [-0.15, -0.1) is 0 Å². The fourth-order valence-electron chi connectivity index (χ4n) is 3.96. The van der Waals surface area contributed by atoms with Crippen molar-refractivity contribution in [3.05, 3.63) is 53.6 Å². The van der Waals surface area contributed by atoms with E-state index in [0.717, 1.165) is 36.7 Å². The molecule has 5 nitrogen and oxygen atoms in total. The number of hydrogen-bond donors (Lipinski definition) is 0. The van der Waals surface area contributed by atoms with E-state index in [2.05, 4.69) is 9.64 Å². The Hall–Kier alpha value is -2.67. The molecule has 1 aliphatic heterocycles. The quantitative estimate of drug-likeness (QED) is 0.601. The van der Waals surface area contributed by atoms with Crippen LogP contribution < -0.4 is 14.2 Å². The van der Waals surface area contributed by atoms with E-state index < -0.39 is 6.61 Å². The fourth-order valence-corrected chi connectivity index (χ4v) is 3.96. The van der Waals surface area contributed by atoms with Crippen molar-refractivity contribution < 1.29 is 27.8 Å². The fraction of sp³-hybridized carbons (Fsp3) is 0.409. The van der Waals surface area contributed by atoms with Crippen molar-refractivity contribution in [3.8, 4) is 17.2 Å². The lowest BCUT2D eigenvalue weighted by molar-refractivity contribution is -0.115. The number of rotatable bonds is 8. The predicted molar refractivity (Wildman–Crippen MR) is 105 cm³/mol. The summed E-state index contributed by atoms with van der Waals surface area (Å²) in [6.45, 7) is -2.37. The Morgan fingerprint density at radius 3 is 2.28 bits per heavy atom. The summed E-state index contributed by atoms with van der Waals surface area (Å²) in [6, 6.07) is 11.8. The first-order valence-corrected chi connectivity index (χ1v) is 9.53. The van der Waals surface area contributed by atoms with Crippen LogP contribution in [-0.2, 0) is 11.3 Å². The zero-order valence-corrected chi connectivity index (χ0v) is 16.5. The van der Waals surface area contributed by atoms with E-state index in [9.17, 15) is 13.6 Å². The van der Waals surface area contributed by atoms with Crippen LogP contribution in [0, 0.1) is 0 Å². The number of carbonyl (C=O) groups excluding carboxylic acids is 1. The van der Waals surface area contributed by atoms with Crippen molar-refractivity contribution in [3.63, 3.8) is 0 Å². The molecule has 2 atom stereocenters. The van der Waals surface area contributed by atoms with Crippen LogP contribution in [-0.4, -0.2) is 38.1 Å². The zero-order chi connectivity index (χ0) is 20.8. The van der Waals surface area contributed by atoms with Gasteiger partial charge in [0.15, 0.2) is 0 Å². The lowest BCUT2D eigenvalue weighted by Gasteiger charge is -2.41. The molecule has 0 bridgehead atoms. The smallest absolute Gasteiger partial charge is 0.387 e. The number of aldehydes is 1. The number of alkyl halides is 2. The molecular formula is C22H25F2NO4. The molecule has 0 aromatic heterocycles. The molecule has 156 valence electrons. The van der Waals surface area contributed by atoms with Crippen LogP contribution >= 0.6 is 0 Å². The summed E-state index contributed by atoms with van der Waals surface area (Å²) in [5.74, 6) is 1.54. The second kappa shape index (κ2) is 9.69. The molecule has 2 aromatic carbocycles. The summed E-state index contributed by atoms with van der Waals surface area (Å²) in [7, 11) is 3.23. The lowest BCUT2D eigenvalue weighted by atomic mass is 9.89. The van der Waals surface area contributed by atoms with Gasteiger partial charge in [0.25, 0.3) is 0 Å². The van der Waals surface area contributed by atoms with Crippen LogP contribution in [0.15, 0.2) is 42.5 Å². The predicted octanol–water partition coefficient (Wildman–Crippen LogP) is 4.60. The minimum Gasteiger partial charge on any atom is -0.496 e. The van der Waals surface area contributed by atoms with Gasteiger partial charge >= 0.3 is 6.61 Å².